The van der Waals surface area contributed by atoms with E-state index in [1.807, 2.05) is 43.7 Å². The van der Waals surface area contributed by atoms with Crippen molar-refractivity contribution in [3.05, 3.63) is 65.0 Å². The largest absolute Gasteiger partial charge is 0.485 e. The molecule has 0 bridgehead atoms. The lowest BCUT2D eigenvalue weighted by atomic mass is 10.1. The quantitative estimate of drug-likeness (QED) is 0.423. The Morgan fingerprint density at radius 1 is 1.10 bits per heavy atom. The van der Waals surface area contributed by atoms with Gasteiger partial charge in [-0.2, -0.15) is 0 Å². The van der Waals surface area contributed by atoms with Crippen LogP contribution in [0.15, 0.2) is 47.6 Å². The Morgan fingerprint density at radius 3 is 2.52 bits per heavy atom. The van der Waals surface area contributed by atoms with Crippen LogP contribution in [0.5, 0.6) is 5.75 Å². The Hall–Kier alpha value is -3.33. The first kappa shape index (κ1) is 22.4. The van der Waals surface area contributed by atoms with Gasteiger partial charge in [0.05, 0.1) is 18.4 Å². The first-order chi connectivity index (χ1) is 14.9. The van der Waals surface area contributed by atoms with Gasteiger partial charge in [-0.15, -0.1) is 10.2 Å². The SMILES string of the molecule is COC(=O)c1cccc(NC(=O)CSc2nnc(COc3c(C)cccc3C)n2C)c1. The van der Waals surface area contributed by atoms with Crippen LogP contribution in [-0.4, -0.2) is 39.5 Å². The standard InChI is InChI=1S/C22H24N4O4S/c1-14-7-5-8-15(2)20(14)30-12-18-24-25-22(26(18)3)31-13-19(27)23-17-10-6-9-16(11-17)21(28)29-4/h5-11H,12-13H2,1-4H3,(H,23,27). The number of ether oxygens (including phenoxy) is 2. The smallest absolute Gasteiger partial charge is 0.337 e. The number of anilines is 1. The van der Waals surface area contributed by atoms with Crippen molar-refractivity contribution in [3.8, 4) is 5.75 Å². The number of para-hydroxylation sites is 1. The Morgan fingerprint density at radius 2 is 1.81 bits per heavy atom. The van der Waals surface area contributed by atoms with Gasteiger partial charge in [0.2, 0.25) is 5.91 Å². The molecule has 0 aliphatic rings. The summed E-state index contributed by atoms with van der Waals surface area (Å²) in [6.07, 6.45) is 0. The molecular weight excluding hydrogens is 416 g/mol. The molecule has 3 rings (SSSR count). The zero-order chi connectivity index (χ0) is 22.4. The molecule has 0 saturated heterocycles. The van der Waals surface area contributed by atoms with Crippen LogP contribution < -0.4 is 10.1 Å². The van der Waals surface area contributed by atoms with Crippen LogP contribution in [0.3, 0.4) is 0 Å². The number of aromatic nitrogens is 3. The maximum absolute atomic E-state index is 12.3. The summed E-state index contributed by atoms with van der Waals surface area (Å²) in [6.45, 7) is 4.28. The first-order valence-corrected chi connectivity index (χ1v) is 10.6. The third kappa shape index (κ3) is 5.64. The number of nitrogens with one attached hydrogen (secondary N) is 1. The lowest BCUT2D eigenvalue weighted by molar-refractivity contribution is -0.113. The van der Waals surface area contributed by atoms with E-state index in [1.165, 1.54) is 18.9 Å². The minimum atomic E-state index is -0.458. The number of carbonyl (C=O) groups excluding carboxylic acids is 2. The summed E-state index contributed by atoms with van der Waals surface area (Å²) in [5, 5.41) is 11.7. The zero-order valence-corrected chi connectivity index (χ0v) is 18.7. The molecule has 0 aliphatic heterocycles. The highest BCUT2D eigenvalue weighted by Crippen LogP contribution is 2.24. The molecule has 162 valence electrons. The Bertz CT molecular complexity index is 1080. The summed E-state index contributed by atoms with van der Waals surface area (Å²) in [7, 11) is 3.15. The van der Waals surface area contributed by atoms with Crippen molar-refractivity contribution < 1.29 is 19.1 Å². The van der Waals surface area contributed by atoms with Crippen molar-refractivity contribution in [2.24, 2.45) is 7.05 Å². The fraction of sp³-hybridized carbons (Fsp3) is 0.273. The van der Waals surface area contributed by atoms with Crippen LogP contribution in [0.1, 0.15) is 27.3 Å². The number of thioether (sulfide) groups is 1. The summed E-state index contributed by atoms with van der Waals surface area (Å²) in [5.41, 5.74) is 3.01. The topological polar surface area (TPSA) is 95.3 Å². The number of methoxy groups -OCH3 is 1. The second-order valence-electron chi connectivity index (χ2n) is 6.88. The van der Waals surface area contributed by atoms with Gasteiger partial charge in [-0.1, -0.05) is 36.0 Å². The highest BCUT2D eigenvalue weighted by atomic mass is 32.2. The molecule has 1 aromatic heterocycles. The Balaban J connectivity index is 1.56. The highest BCUT2D eigenvalue weighted by molar-refractivity contribution is 7.99. The number of hydrogen-bond acceptors (Lipinski definition) is 7. The average Bonchev–Trinajstić information content (AvgIpc) is 3.11. The second kappa shape index (κ2) is 10.1. The van der Waals surface area contributed by atoms with Crippen molar-refractivity contribution >= 4 is 29.3 Å². The fourth-order valence-electron chi connectivity index (χ4n) is 2.93. The molecule has 1 heterocycles. The number of carbonyl (C=O) groups is 2. The van der Waals surface area contributed by atoms with Crippen molar-refractivity contribution in [1.82, 2.24) is 14.8 Å². The summed E-state index contributed by atoms with van der Waals surface area (Å²) in [6, 6.07) is 12.6. The van der Waals surface area contributed by atoms with E-state index in [0.717, 1.165) is 16.9 Å². The van der Waals surface area contributed by atoms with Crippen molar-refractivity contribution in [1.29, 1.82) is 0 Å². The molecule has 3 aromatic rings. The van der Waals surface area contributed by atoms with Crippen LogP contribution in [0.4, 0.5) is 5.69 Å². The van der Waals surface area contributed by atoms with Crippen molar-refractivity contribution in [3.63, 3.8) is 0 Å². The normalized spacial score (nSPS) is 10.6. The number of rotatable bonds is 8. The number of amides is 1. The first-order valence-electron chi connectivity index (χ1n) is 9.57. The maximum atomic E-state index is 12.3. The minimum Gasteiger partial charge on any atom is -0.485 e. The minimum absolute atomic E-state index is 0.145. The molecule has 2 aromatic carbocycles. The average molecular weight is 441 g/mol. The summed E-state index contributed by atoms with van der Waals surface area (Å²) in [4.78, 5) is 23.9. The summed E-state index contributed by atoms with van der Waals surface area (Å²) >= 11 is 1.27. The van der Waals surface area contributed by atoms with Crippen molar-refractivity contribution in [2.45, 2.75) is 25.6 Å². The monoisotopic (exact) mass is 440 g/mol. The van der Waals surface area contributed by atoms with E-state index in [2.05, 4.69) is 15.5 Å². The van der Waals surface area contributed by atoms with E-state index in [-0.39, 0.29) is 18.3 Å². The third-order valence-electron chi connectivity index (χ3n) is 4.58. The van der Waals surface area contributed by atoms with Crippen molar-refractivity contribution in [2.75, 3.05) is 18.2 Å². The number of aryl methyl sites for hydroxylation is 2. The molecule has 0 radical (unpaired) electrons. The maximum Gasteiger partial charge on any atom is 0.337 e. The molecule has 1 amide bonds. The highest BCUT2D eigenvalue weighted by Gasteiger charge is 2.14. The fourth-order valence-corrected chi connectivity index (χ4v) is 3.66. The van der Waals surface area contributed by atoms with Crippen LogP contribution >= 0.6 is 11.8 Å². The molecule has 8 nitrogen and oxygen atoms in total. The van der Waals surface area contributed by atoms with Gasteiger partial charge in [0.1, 0.15) is 12.4 Å². The van der Waals surface area contributed by atoms with Gasteiger partial charge < -0.3 is 19.4 Å². The van der Waals surface area contributed by atoms with Crippen LogP contribution in [0.25, 0.3) is 0 Å². The molecule has 0 saturated carbocycles. The molecule has 9 heteroatoms. The van der Waals surface area contributed by atoms with Gasteiger partial charge in [0.25, 0.3) is 0 Å². The predicted octanol–water partition coefficient (Wildman–Crippen LogP) is 3.53. The number of hydrogen-bond donors (Lipinski definition) is 1. The van der Waals surface area contributed by atoms with Gasteiger partial charge in [0, 0.05) is 12.7 Å². The van der Waals surface area contributed by atoms with Crippen LogP contribution in [0, 0.1) is 13.8 Å². The molecule has 0 unspecified atom stereocenters. The molecule has 0 aliphatic carbocycles. The predicted molar refractivity (Wildman–Crippen MR) is 118 cm³/mol. The molecule has 1 N–H and O–H groups in total. The van der Waals surface area contributed by atoms with Gasteiger partial charge >= 0.3 is 5.97 Å². The third-order valence-corrected chi connectivity index (χ3v) is 5.60. The van der Waals surface area contributed by atoms with E-state index >= 15 is 0 Å². The van der Waals surface area contributed by atoms with E-state index in [4.69, 9.17) is 9.47 Å². The molecule has 0 spiro atoms. The lowest BCUT2D eigenvalue weighted by Gasteiger charge is -2.11. The molecule has 31 heavy (non-hydrogen) atoms. The Kier molecular flexibility index (Phi) is 7.30. The van der Waals surface area contributed by atoms with E-state index in [1.54, 1.807) is 24.3 Å². The number of nitrogens with zero attached hydrogens (tertiary/aromatic N) is 3. The summed E-state index contributed by atoms with van der Waals surface area (Å²) in [5.74, 6) is 0.972. The molecular formula is C22H24N4O4S. The second-order valence-corrected chi connectivity index (χ2v) is 7.82. The number of benzene rings is 2. The van der Waals surface area contributed by atoms with E-state index in [0.29, 0.717) is 22.2 Å². The van der Waals surface area contributed by atoms with Gasteiger partial charge in [-0.25, -0.2) is 4.79 Å². The molecule has 0 atom stereocenters. The number of esters is 1. The van der Waals surface area contributed by atoms with E-state index in [9.17, 15) is 9.59 Å². The van der Waals surface area contributed by atoms with E-state index < -0.39 is 5.97 Å². The lowest BCUT2D eigenvalue weighted by Crippen LogP contribution is -2.15. The van der Waals surface area contributed by atoms with Crippen LogP contribution in [-0.2, 0) is 23.2 Å². The van der Waals surface area contributed by atoms with Crippen LogP contribution in [0.2, 0.25) is 0 Å². The van der Waals surface area contributed by atoms with Gasteiger partial charge in [-0.3, -0.25) is 4.79 Å². The zero-order valence-electron chi connectivity index (χ0n) is 17.8. The molecule has 0 fully saturated rings. The van der Waals surface area contributed by atoms with Gasteiger partial charge in [-0.05, 0) is 43.2 Å². The summed E-state index contributed by atoms with van der Waals surface area (Å²) < 4.78 is 12.4. The van der Waals surface area contributed by atoms with Gasteiger partial charge in [0.15, 0.2) is 11.0 Å². The Labute approximate surface area is 185 Å².